The summed E-state index contributed by atoms with van der Waals surface area (Å²) in [6, 6.07) is 2.09. The molecule has 1 aliphatic rings. The molecular weight excluding hydrogens is 212 g/mol. The molecule has 0 aliphatic carbocycles. The highest BCUT2D eigenvalue weighted by Crippen LogP contribution is 2.22. The number of nitrogen functional groups attached to an aromatic ring is 1. The van der Waals surface area contributed by atoms with Crippen molar-refractivity contribution in [2.75, 3.05) is 23.7 Å². The van der Waals surface area contributed by atoms with Crippen molar-refractivity contribution in [2.45, 2.75) is 45.4 Å². The Morgan fingerprint density at radius 1 is 1.12 bits per heavy atom. The van der Waals surface area contributed by atoms with E-state index in [1.807, 2.05) is 0 Å². The van der Waals surface area contributed by atoms with E-state index in [9.17, 15) is 0 Å². The van der Waals surface area contributed by atoms with Gasteiger partial charge in [0.1, 0.15) is 5.82 Å². The van der Waals surface area contributed by atoms with E-state index in [1.165, 1.54) is 25.7 Å². The predicted octanol–water partition coefficient (Wildman–Crippen LogP) is 2.56. The van der Waals surface area contributed by atoms with E-state index >= 15 is 0 Å². The first-order chi connectivity index (χ1) is 8.16. The lowest BCUT2D eigenvalue weighted by Crippen LogP contribution is -2.25. The lowest BCUT2D eigenvalue weighted by molar-refractivity contribution is 0.726. The van der Waals surface area contributed by atoms with Gasteiger partial charge < -0.3 is 10.6 Å². The Morgan fingerprint density at radius 2 is 1.76 bits per heavy atom. The van der Waals surface area contributed by atoms with Crippen molar-refractivity contribution in [1.29, 1.82) is 0 Å². The zero-order valence-corrected chi connectivity index (χ0v) is 10.8. The first-order valence-corrected chi connectivity index (χ1v) is 6.56. The number of hydrogen-bond donors (Lipinski definition) is 1. The minimum Gasteiger partial charge on any atom is -0.368 e. The van der Waals surface area contributed by atoms with Crippen LogP contribution in [-0.4, -0.2) is 23.1 Å². The van der Waals surface area contributed by atoms with Crippen LogP contribution in [0, 0.1) is 0 Å². The summed E-state index contributed by atoms with van der Waals surface area (Å²) in [6.07, 6.45) is 5.16. The van der Waals surface area contributed by atoms with Crippen LogP contribution in [0.4, 0.5) is 11.8 Å². The first-order valence-electron chi connectivity index (χ1n) is 6.56. The van der Waals surface area contributed by atoms with Gasteiger partial charge in [-0.05, 0) is 18.8 Å². The molecule has 1 aromatic heterocycles. The number of anilines is 2. The van der Waals surface area contributed by atoms with Crippen molar-refractivity contribution in [1.82, 2.24) is 9.97 Å². The lowest BCUT2D eigenvalue weighted by atomic mass is 10.1. The highest BCUT2D eigenvalue weighted by Gasteiger charge is 2.14. The summed E-state index contributed by atoms with van der Waals surface area (Å²) in [7, 11) is 0. The molecule has 0 spiro atoms. The van der Waals surface area contributed by atoms with Crippen LogP contribution in [-0.2, 0) is 0 Å². The Labute approximate surface area is 103 Å². The van der Waals surface area contributed by atoms with E-state index in [1.54, 1.807) is 0 Å². The molecule has 0 aromatic carbocycles. The Morgan fingerprint density at radius 3 is 2.35 bits per heavy atom. The molecule has 1 saturated heterocycles. The van der Waals surface area contributed by atoms with Crippen molar-refractivity contribution < 1.29 is 0 Å². The molecule has 1 fully saturated rings. The summed E-state index contributed by atoms with van der Waals surface area (Å²) in [5.41, 5.74) is 6.83. The van der Waals surface area contributed by atoms with Gasteiger partial charge >= 0.3 is 0 Å². The van der Waals surface area contributed by atoms with Crippen molar-refractivity contribution in [3.8, 4) is 0 Å². The molecule has 0 amide bonds. The number of nitrogens with zero attached hydrogens (tertiary/aromatic N) is 3. The Bertz CT molecular complexity index is 368. The van der Waals surface area contributed by atoms with Gasteiger partial charge in [0.25, 0.3) is 0 Å². The fourth-order valence-corrected chi connectivity index (χ4v) is 2.23. The van der Waals surface area contributed by atoms with Gasteiger partial charge in [0.15, 0.2) is 0 Å². The van der Waals surface area contributed by atoms with Crippen molar-refractivity contribution in [3.05, 3.63) is 11.8 Å². The van der Waals surface area contributed by atoms with E-state index < -0.39 is 0 Å². The summed E-state index contributed by atoms with van der Waals surface area (Å²) in [4.78, 5) is 11.0. The van der Waals surface area contributed by atoms with Gasteiger partial charge in [0.2, 0.25) is 5.95 Å². The largest absolute Gasteiger partial charge is 0.368 e. The van der Waals surface area contributed by atoms with Gasteiger partial charge in [-0.15, -0.1) is 0 Å². The van der Waals surface area contributed by atoms with E-state index in [-0.39, 0.29) is 0 Å². The van der Waals surface area contributed by atoms with Crippen LogP contribution < -0.4 is 10.6 Å². The van der Waals surface area contributed by atoms with Crippen LogP contribution in [0.25, 0.3) is 0 Å². The van der Waals surface area contributed by atoms with Crippen molar-refractivity contribution in [2.24, 2.45) is 0 Å². The van der Waals surface area contributed by atoms with Crippen LogP contribution in [0.3, 0.4) is 0 Å². The van der Waals surface area contributed by atoms with Gasteiger partial charge in [-0.1, -0.05) is 26.7 Å². The van der Waals surface area contributed by atoms with Crippen LogP contribution in [0.5, 0.6) is 0 Å². The van der Waals surface area contributed by atoms with Gasteiger partial charge in [0.05, 0.1) is 5.69 Å². The second kappa shape index (κ2) is 5.34. The lowest BCUT2D eigenvalue weighted by Gasteiger charge is -2.22. The maximum atomic E-state index is 5.79. The van der Waals surface area contributed by atoms with E-state index in [2.05, 4.69) is 34.8 Å². The normalized spacial score (nSPS) is 17.2. The van der Waals surface area contributed by atoms with Crippen LogP contribution in [0.15, 0.2) is 6.07 Å². The third-order valence-electron chi connectivity index (χ3n) is 3.27. The van der Waals surface area contributed by atoms with Crippen LogP contribution in [0.2, 0.25) is 0 Å². The molecule has 0 unspecified atom stereocenters. The average molecular weight is 234 g/mol. The van der Waals surface area contributed by atoms with Crippen LogP contribution in [0.1, 0.15) is 51.1 Å². The highest BCUT2D eigenvalue weighted by atomic mass is 15.2. The minimum atomic E-state index is 0.394. The molecule has 17 heavy (non-hydrogen) atoms. The predicted molar refractivity (Wildman–Crippen MR) is 71.2 cm³/mol. The third-order valence-corrected chi connectivity index (χ3v) is 3.27. The molecule has 1 aliphatic heterocycles. The Balaban J connectivity index is 2.23. The molecule has 1 aromatic rings. The van der Waals surface area contributed by atoms with Gasteiger partial charge in [-0.2, -0.15) is 4.98 Å². The maximum absolute atomic E-state index is 5.79. The van der Waals surface area contributed by atoms with E-state index in [0.29, 0.717) is 11.9 Å². The summed E-state index contributed by atoms with van der Waals surface area (Å²) < 4.78 is 0. The molecule has 2 N–H and O–H groups in total. The minimum absolute atomic E-state index is 0.394. The molecule has 4 nitrogen and oxygen atoms in total. The molecule has 4 heteroatoms. The van der Waals surface area contributed by atoms with E-state index in [4.69, 9.17) is 5.73 Å². The molecule has 0 saturated carbocycles. The van der Waals surface area contributed by atoms with Crippen LogP contribution >= 0.6 is 0 Å². The summed E-state index contributed by atoms with van der Waals surface area (Å²) in [5, 5.41) is 0. The molecule has 0 atom stereocenters. The van der Waals surface area contributed by atoms with E-state index in [0.717, 1.165) is 24.6 Å². The summed E-state index contributed by atoms with van der Waals surface area (Å²) in [5.74, 6) is 1.80. The molecular formula is C13H22N4. The quantitative estimate of drug-likeness (QED) is 0.854. The second-order valence-electron chi connectivity index (χ2n) is 5.07. The maximum Gasteiger partial charge on any atom is 0.222 e. The molecule has 2 rings (SSSR count). The number of nitrogens with two attached hydrogens (primary N) is 1. The standard InChI is InChI=1S/C13H22N4/c1-10(2)11-9-12(16-13(14)15-11)17-7-5-3-4-6-8-17/h9-10H,3-8H2,1-2H3,(H2,14,15,16). The molecule has 2 heterocycles. The number of rotatable bonds is 2. The topological polar surface area (TPSA) is 55.0 Å². The number of hydrogen-bond acceptors (Lipinski definition) is 4. The van der Waals surface area contributed by atoms with Crippen molar-refractivity contribution >= 4 is 11.8 Å². The first kappa shape index (κ1) is 12.1. The van der Waals surface area contributed by atoms with Gasteiger partial charge in [-0.3, -0.25) is 0 Å². The molecule has 0 radical (unpaired) electrons. The Kier molecular flexibility index (Phi) is 3.82. The molecule has 94 valence electrons. The fraction of sp³-hybridized carbons (Fsp3) is 0.692. The second-order valence-corrected chi connectivity index (χ2v) is 5.07. The molecule has 0 bridgehead atoms. The van der Waals surface area contributed by atoms with Gasteiger partial charge in [-0.25, -0.2) is 4.98 Å². The zero-order valence-electron chi connectivity index (χ0n) is 10.8. The SMILES string of the molecule is CC(C)c1cc(N2CCCCCC2)nc(N)n1. The monoisotopic (exact) mass is 234 g/mol. The highest BCUT2D eigenvalue weighted by molar-refractivity contribution is 5.44. The smallest absolute Gasteiger partial charge is 0.222 e. The third kappa shape index (κ3) is 3.08. The Hall–Kier alpha value is -1.32. The van der Waals surface area contributed by atoms with Gasteiger partial charge in [0, 0.05) is 19.2 Å². The number of aromatic nitrogens is 2. The fourth-order valence-electron chi connectivity index (χ4n) is 2.23. The van der Waals surface area contributed by atoms with Crippen molar-refractivity contribution in [3.63, 3.8) is 0 Å². The summed E-state index contributed by atoms with van der Waals surface area (Å²) in [6.45, 7) is 6.45. The summed E-state index contributed by atoms with van der Waals surface area (Å²) >= 11 is 0. The zero-order chi connectivity index (χ0) is 12.3. The average Bonchev–Trinajstić information content (AvgIpc) is 2.56.